The van der Waals surface area contributed by atoms with Gasteiger partial charge < -0.3 is 10.5 Å². The van der Waals surface area contributed by atoms with Crippen LogP contribution in [0.25, 0.3) is 0 Å². The molecule has 0 saturated heterocycles. The molecular formula is C14H23N3O. The summed E-state index contributed by atoms with van der Waals surface area (Å²) in [5.41, 5.74) is 6.87. The maximum absolute atomic E-state index is 5.97. The highest BCUT2D eigenvalue weighted by Crippen LogP contribution is 2.23. The van der Waals surface area contributed by atoms with Crippen LogP contribution in [0.1, 0.15) is 57.0 Å². The zero-order valence-electron chi connectivity index (χ0n) is 11.5. The van der Waals surface area contributed by atoms with Crippen LogP contribution in [0.3, 0.4) is 0 Å². The third-order valence-corrected chi connectivity index (χ3v) is 3.37. The van der Waals surface area contributed by atoms with E-state index in [0.717, 1.165) is 37.2 Å². The van der Waals surface area contributed by atoms with Crippen molar-refractivity contribution in [2.24, 2.45) is 5.73 Å². The summed E-state index contributed by atoms with van der Waals surface area (Å²) in [4.78, 5) is 8.91. The van der Waals surface area contributed by atoms with E-state index in [1.165, 1.54) is 0 Å². The van der Waals surface area contributed by atoms with Crippen molar-refractivity contribution in [1.29, 1.82) is 0 Å². The average molecular weight is 249 g/mol. The number of nitrogens with zero attached hydrogens (tertiary/aromatic N) is 2. The minimum atomic E-state index is 0.263. The summed E-state index contributed by atoms with van der Waals surface area (Å²) in [5.74, 6) is 1.90. The van der Waals surface area contributed by atoms with Gasteiger partial charge in [-0.2, -0.15) is 4.98 Å². The Morgan fingerprint density at radius 1 is 1.22 bits per heavy atom. The first kappa shape index (κ1) is 13.3. The number of ether oxygens (including phenoxy) is 1. The Morgan fingerprint density at radius 2 is 1.89 bits per heavy atom. The lowest BCUT2D eigenvalue weighted by Crippen LogP contribution is -2.31. The molecule has 0 aliphatic heterocycles. The van der Waals surface area contributed by atoms with Crippen molar-refractivity contribution < 1.29 is 4.74 Å². The maximum atomic E-state index is 5.97. The van der Waals surface area contributed by atoms with Crippen LogP contribution in [0.5, 0.6) is 5.88 Å². The van der Waals surface area contributed by atoms with Crippen LogP contribution in [0.2, 0.25) is 0 Å². The number of hydrogen-bond donors (Lipinski definition) is 1. The number of aromatic nitrogens is 2. The quantitative estimate of drug-likeness (QED) is 0.894. The molecule has 0 radical (unpaired) electrons. The highest BCUT2D eigenvalue weighted by Gasteiger charge is 2.20. The minimum absolute atomic E-state index is 0.263. The minimum Gasteiger partial charge on any atom is -0.474 e. The Labute approximate surface area is 109 Å². The van der Waals surface area contributed by atoms with Crippen molar-refractivity contribution >= 4 is 0 Å². The fourth-order valence-electron chi connectivity index (χ4n) is 2.26. The molecule has 2 rings (SSSR count). The molecule has 1 aliphatic rings. The van der Waals surface area contributed by atoms with E-state index in [-0.39, 0.29) is 6.10 Å². The monoisotopic (exact) mass is 249 g/mol. The van der Waals surface area contributed by atoms with Crippen LogP contribution in [-0.4, -0.2) is 22.1 Å². The summed E-state index contributed by atoms with van der Waals surface area (Å²) >= 11 is 0. The third kappa shape index (κ3) is 3.42. The molecule has 1 saturated carbocycles. The summed E-state index contributed by atoms with van der Waals surface area (Å²) in [5, 5.41) is 0. The van der Waals surface area contributed by atoms with Crippen LogP contribution < -0.4 is 10.5 Å². The van der Waals surface area contributed by atoms with Gasteiger partial charge in [-0.05, 0) is 32.6 Å². The second-order valence-corrected chi connectivity index (χ2v) is 5.52. The first-order valence-electron chi connectivity index (χ1n) is 6.82. The van der Waals surface area contributed by atoms with Crippen LogP contribution in [0.15, 0.2) is 6.07 Å². The van der Waals surface area contributed by atoms with Crippen molar-refractivity contribution in [1.82, 2.24) is 9.97 Å². The van der Waals surface area contributed by atoms with Gasteiger partial charge in [0.05, 0.1) is 0 Å². The van der Waals surface area contributed by atoms with E-state index in [9.17, 15) is 0 Å². The van der Waals surface area contributed by atoms with E-state index in [2.05, 4.69) is 23.8 Å². The Hall–Kier alpha value is -1.16. The van der Waals surface area contributed by atoms with E-state index >= 15 is 0 Å². The smallest absolute Gasteiger partial charge is 0.217 e. The fourth-order valence-corrected chi connectivity index (χ4v) is 2.26. The normalized spacial score (nSPS) is 24.3. The summed E-state index contributed by atoms with van der Waals surface area (Å²) in [6, 6.07) is 2.27. The molecule has 4 nitrogen and oxygen atoms in total. The van der Waals surface area contributed by atoms with Crippen LogP contribution in [0.4, 0.5) is 0 Å². The number of hydrogen-bond acceptors (Lipinski definition) is 4. The first-order valence-corrected chi connectivity index (χ1v) is 6.82. The molecule has 2 N–H and O–H groups in total. The molecule has 1 aliphatic carbocycles. The lowest BCUT2D eigenvalue weighted by molar-refractivity contribution is 0.140. The molecule has 100 valence electrons. The number of nitrogens with two attached hydrogens (primary N) is 1. The van der Waals surface area contributed by atoms with E-state index in [1.807, 2.05) is 13.0 Å². The molecule has 0 unspecified atom stereocenters. The predicted molar refractivity (Wildman–Crippen MR) is 71.7 cm³/mol. The van der Waals surface area contributed by atoms with Gasteiger partial charge >= 0.3 is 0 Å². The van der Waals surface area contributed by atoms with Crippen molar-refractivity contribution in [3.8, 4) is 5.88 Å². The first-order chi connectivity index (χ1) is 8.54. The van der Waals surface area contributed by atoms with Gasteiger partial charge in [-0.25, -0.2) is 4.98 Å². The van der Waals surface area contributed by atoms with Crippen molar-refractivity contribution in [2.75, 3.05) is 0 Å². The van der Waals surface area contributed by atoms with Crippen LogP contribution in [0, 0.1) is 6.92 Å². The van der Waals surface area contributed by atoms with E-state index in [1.54, 1.807) is 0 Å². The van der Waals surface area contributed by atoms with Crippen molar-refractivity contribution in [3.63, 3.8) is 0 Å². The largest absolute Gasteiger partial charge is 0.474 e. The third-order valence-electron chi connectivity index (χ3n) is 3.37. The summed E-state index contributed by atoms with van der Waals surface area (Å²) in [7, 11) is 0. The predicted octanol–water partition coefficient (Wildman–Crippen LogP) is 2.56. The molecule has 1 fully saturated rings. The Balaban J connectivity index is 2.04. The molecule has 0 aromatic carbocycles. The van der Waals surface area contributed by atoms with Gasteiger partial charge in [0.15, 0.2) is 0 Å². The highest BCUT2D eigenvalue weighted by atomic mass is 16.5. The molecule has 1 aromatic rings. The summed E-state index contributed by atoms with van der Waals surface area (Å²) in [6.45, 7) is 6.17. The van der Waals surface area contributed by atoms with E-state index in [4.69, 9.17) is 10.5 Å². The molecule has 1 heterocycles. The van der Waals surface area contributed by atoms with Crippen molar-refractivity contribution in [3.05, 3.63) is 17.6 Å². The van der Waals surface area contributed by atoms with Crippen LogP contribution in [-0.2, 0) is 0 Å². The maximum Gasteiger partial charge on any atom is 0.217 e. The molecule has 0 amide bonds. The van der Waals surface area contributed by atoms with Crippen LogP contribution >= 0.6 is 0 Å². The van der Waals surface area contributed by atoms with E-state index < -0.39 is 0 Å². The van der Waals surface area contributed by atoms with Gasteiger partial charge in [-0.15, -0.1) is 0 Å². The topological polar surface area (TPSA) is 61.0 Å². The van der Waals surface area contributed by atoms with Gasteiger partial charge in [0.25, 0.3) is 0 Å². The SMILES string of the molecule is Cc1cc(OC2CCC(N)CC2)nc(C(C)C)n1. The second-order valence-electron chi connectivity index (χ2n) is 5.52. The summed E-state index contributed by atoms with van der Waals surface area (Å²) < 4.78 is 5.97. The lowest BCUT2D eigenvalue weighted by atomic mass is 9.94. The molecule has 0 atom stereocenters. The average Bonchev–Trinajstić information content (AvgIpc) is 2.31. The highest BCUT2D eigenvalue weighted by molar-refractivity contribution is 5.17. The van der Waals surface area contributed by atoms with Gasteiger partial charge in [0.1, 0.15) is 11.9 Å². The Bertz CT molecular complexity index is 398. The van der Waals surface area contributed by atoms with Gasteiger partial charge in [0, 0.05) is 23.7 Å². The molecule has 0 spiro atoms. The molecule has 1 aromatic heterocycles. The Morgan fingerprint density at radius 3 is 2.50 bits per heavy atom. The zero-order valence-corrected chi connectivity index (χ0v) is 11.5. The lowest BCUT2D eigenvalue weighted by Gasteiger charge is -2.26. The standard InChI is InChI=1S/C14H23N3O/c1-9(2)14-16-10(3)8-13(17-14)18-12-6-4-11(15)5-7-12/h8-9,11-12H,4-7,15H2,1-3H3. The Kier molecular flexibility index (Phi) is 4.17. The van der Waals surface area contributed by atoms with Gasteiger partial charge in [-0.3, -0.25) is 0 Å². The molecular weight excluding hydrogens is 226 g/mol. The fraction of sp³-hybridized carbons (Fsp3) is 0.714. The molecule has 4 heteroatoms. The number of aryl methyl sites for hydroxylation is 1. The van der Waals surface area contributed by atoms with E-state index in [0.29, 0.717) is 17.8 Å². The van der Waals surface area contributed by atoms with Gasteiger partial charge in [-0.1, -0.05) is 13.8 Å². The van der Waals surface area contributed by atoms with Crippen molar-refractivity contribution in [2.45, 2.75) is 64.5 Å². The number of rotatable bonds is 3. The second kappa shape index (κ2) is 5.65. The van der Waals surface area contributed by atoms with Gasteiger partial charge in [0.2, 0.25) is 5.88 Å². The summed E-state index contributed by atoms with van der Waals surface area (Å²) in [6.07, 6.45) is 4.42. The molecule has 0 bridgehead atoms. The zero-order chi connectivity index (χ0) is 13.1. The molecule has 18 heavy (non-hydrogen) atoms.